The lowest BCUT2D eigenvalue weighted by molar-refractivity contribution is -0.146. The molecule has 0 unspecified atom stereocenters. The van der Waals surface area contributed by atoms with Gasteiger partial charge in [0.25, 0.3) is 0 Å². The number of ether oxygens (including phenoxy) is 2. The quantitative estimate of drug-likeness (QED) is 0.380. The minimum Gasteiger partial charge on any atom is -0.465 e. The number of benzene rings is 1. The van der Waals surface area contributed by atoms with Gasteiger partial charge in [0.1, 0.15) is 11.7 Å². The second kappa shape index (κ2) is 11.1. The number of aliphatic hydroxyl groups excluding tert-OH is 1. The number of anilines is 1. The smallest absolute Gasteiger partial charge is 0.432 e. The van der Waals surface area contributed by atoms with Gasteiger partial charge in [-0.2, -0.15) is 18.3 Å². The third-order valence-corrected chi connectivity index (χ3v) is 6.54. The number of nitrogens with zero attached hydrogens (tertiary/aromatic N) is 1. The molecule has 0 bridgehead atoms. The molecule has 1 fully saturated rings. The maximum absolute atomic E-state index is 13.3. The zero-order valence-corrected chi connectivity index (χ0v) is 20.0. The number of hydroxylamine groups is 1. The Morgan fingerprint density at radius 1 is 1.33 bits per heavy atom. The van der Waals surface area contributed by atoms with Crippen molar-refractivity contribution in [3.8, 4) is 0 Å². The molecule has 1 aromatic rings. The fraction of sp³-hybridized carbons (Fsp3) is 0.542. The number of halogens is 3. The lowest BCUT2D eigenvalue weighted by Crippen LogP contribution is -2.49. The van der Waals surface area contributed by atoms with Crippen LogP contribution in [0.25, 0.3) is 5.70 Å². The number of alkyl halides is 3. The first kappa shape index (κ1) is 26.3. The first-order valence-electron chi connectivity index (χ1n) is 12.0. The number of fused-ring (bicyclic) bond motifs is 2. The summed E-state index contributed by atoms with van der Waals surface area (Å²) in [5.41, 5.74) is 3.70. The predicted molar refractivity (Wildman–Crippen MR) is 124 cm³/mol. The second-order valence-corrected chi connectivity index (χ2v) is 8.92. The van der Waals surface area contributed by atoms with E-state index >= 15 is 0 Å². The molecule has 1 aromatic carbocycles. The molecule has 2 atom stereocenters. The molecule has 9 nitrogen and oxygen atoms in total. The van der Waals surface area contributed by atoms with E-state index < -0.39 is 11.9 Å². The molecular weight excluding hydrogens is 481 g/mol. The van der Waals surface area contributed by atoms with E-state index in [0.717, 1.165) is 6.08 Å². The molecule has 1 saturated heterocycles. The summed E-state index contributed by atoms with van der Waals surface area (Å²) >= 11 is 0. The summed E-state index contributed by atoms with van der Waals surface area (Å²) in [7, 11) is 0. The van der Waals surface area contributed by atoms with Gasteiger partial charge in [-0.15, -0.1) is 0 Å². The number of allylic oxidation sites excluding steroid dienone is 3. The van der Waals surface area contributed by atoms with E-state index in [-0.39, 0.29) is 43.4 Å². The van der Waals surface area contributed by atoms with Crippen molar-refractivity contribution in [3.05, 3.63) is 46.2 Å². The van der Waals surface area contributed by atoms with Crippen LogP contribution in [0.5, 0.6) is 0 Å². The van der Waals surface area contributed by atoms with E-state index in [1.54, 1.807) is 19.1 Å². The van der Waals surface area contributed by atoms with Crippen LogP contribution in [-0.2, 0) is 27.5 Å². The highest BCUT2D eigenvalue weighted by Crippen LogP contribution is 2.38. The number of carbonyl (C=O) groups excluding carboxylic acids is 1. The third kappa shape index (κ3) is 5.61. The van der Waals surface area contributed by atoms with Crippen LogP contribution in [0.2, 0.25) is 0 Å². The van der Waals surface area contributed by atoms with E-state index in [9.17, 15) is 28.3 Å². The molecule has 0 aromatic heterocycles. The number of hydrogen-bond donors (Lipinski definition) is 5. The topological polar surface area (TPSA) is 115 Å². The zero-order valence-electron chi connectivity index (χ0n) is 20.0. The Morgan fingerprint density at radius 3 is 2.81 bits per heavy atom. The van der Waals surface area contributed by atoms with Gasteiger partial charge in [0.15, 0.2) is 0 Å². The molecular formula is C24H31F3N4O5. The summed E-state index contributed by atoms with van der Waals surface area (Å²) in [6.45, 7) is 2.69. The second-order valence-electron chi connectivity index (χ2n) is 8.92. The van der Waals surface area contributed by atoms with Crippen LogP contribution in [0, 0.1) is 0 Å². The van der Waals surface area contributed by atoms with Crippen molar-refractivity contribution < 1.29 is 37.8 Å². The SMILES string of the molecule is CCOC(=O)[C@@H]1CC[C@@H](Nc2ccc3c(c2CO)COCCCC2=C3N(O)NC(C(F)(F)F)=C2)CN1. The average molecular weight is 513 g/mol. The summed E-state index contributed by atoms with van der Waals surface area (Å²) in [5, 5.41) is 27.8. The van der Waals surface area contributed by atoms with Crippen molar-refractivity contribution in [1.82, 2.24) is 15.9 Å². The van der Waals surface area contributed by atoms with Crippen LogP contribution in [-0.4, -0.2) is 59.5 Å². The predicted octanol–water partition coefficient (Wildman–Crippen LogP) is 2.95. The standard InChI is InChI=1S/C24H31F3N4O5/c1-2-36-23(33)20-7-5-15(11-28-20)29-19-8-6-16-18(17(19)12-32)13-35-9-3-4-14-10-21(24(25,26)27)30-31(34)22(14)16/h6,8,10,15,20,28-30,32,34H,2-5,7,9,11-13H2,1H3/t15-,20+/m1/s1. The summed E-state index contributed by atoms with van der Waals surface area (Å²) in [6, 6.07) is 3.06. The van der Waals surface area contributed by atoms with Gasteiger partial charge < -0.3 is 25.2 Å². The summed E-state index contributed by atoms with van der Waals surface area (Å²) < 4.78 is 50.9. The molecule has 0 aliphatic carbocycles. The molecule has 0 saturated carbocycles. The molecule has 12 heteroatoms. The highest BCUT2D eigenvalue weighted by atomic mass is 19.4. The molecule has 3 aliphatic rings. The number of nitrogens with one attached hydrogen (secondary N) is 3. The number of piperidine rings is 1. The van der Waals surface area contributed by atoms with Crippen LogP contribution in [0.3, 0.4) is 0 Å². The minimum atomic E-state index is -4.65. The van der Waals surface area contributed by atoms with Gasteiger partial charge >= 0.3 is 12.1 Å². The highest BCUT2D eigenvalue weighted by molar-refractivity contribution is 5.77. The monoisotopic (exact) mass is 512 g/mol. The molecule has 4 rings (SSSR count). The first-order valence-corrected chi connectivity index (χ1v) is 12.0. The number of carbonyl (C=O) groups is 1. The molecule has 3 aliphatic heterocycles. The maximum Gasteiger partial charge on any atom is 0.432 e. The molecule has 198 valence electrons. The average Bonchev–Trinajstić information content (AvgIpc) is 2.93. The molecule has 36 heavy (non-hydrogen) atoms. The van der Waals surface area contributed by atoms with Crippen molar-refractivity contribution in [3.63, 3.8) is 0 Å². The fourth-order valence-electron chi connectivity index (χ4n) is 4.78. The van der Waals surface area contributed by atoms with Crippen LogP contribution >= 0.6 is 0 Å². The van der Waals surface area contributed by atoms with Crippen LogP contribution in [0.15, 0.2) is 29.5 Å². The van der Waals surface area contributed by atoms with Crippen molar-refractivity contribution in [2.24, 2.45) is 0 Å². The number of aliphatic hydroxyl groups is 1. The van der Waals surface area contributed by atoms with Gasteiger partial charge in [-0.05, 0) is 55.9 Å². The van der Waals surface area contributed by atoms with Crippen LogP contribution in [0.4, 0.5) is 18.9 Å². The van der Waals surface area contributed by atoms with Gasteiger partial charge in [-0.1, -0.05) is 6.07 Å². The molecule has 5 N–H and O–H groups in total. The Labute approximate surface area is 206 Å². The van der Waals surface area contributed by atoms with E-state index in [1.165, 1.54) is 0 Å². The molecule has 0 radical (unpaired) electrons. The van der Waals surface area contributed by atoms with E-state index in [0.29, 0.717) is 72.1 Å². The van der Waals surface area contributed by atoms with E-state index in [4.69, 9.17) is 9.47 Å². The van der Waals surface area contributed by atoms with E-state index in [1.807, 2.05) is 5.43 Å². The Morgan fingerprint density at radius 2 is 2.14 bits per heavy atom. The van der Waals surface area contributed by atoms with Crippen molar-refractivity contribution >= 4 is 17.4 Å². The molecule has 3 heterocycles. The Balaban J connectivity index is 1.64. The van der Waals surface area contributed by atoms with Gasteiger partial charge in [-0.25, -0.2) is 0 Å². The Hall–Kier alpha value is -2.80. The zero-order chi connectivity index (χ0) is 25.9. The number of rotatable bonds is 5. The largest absolute Gasteiger partial charge is 0.465 e. The maximum atomic E-state index is 13.3. The normalized spacial score (nSPS) is 22.8. The lowest BCUT2D eigenvalue weighted by Gasteiger charge is -2.33. The Bertz CT molecular complexity index is 1040. The summed E-state index contributed by atoms with van der Waals surface area (Å²) in [5.74, 6) is -0.275. The van der Waals surface area contributed by atoms with Crippen LogP contribution in [0.1, 0.15) is 49.3 Å². The van der Waals surface area contributed by atoms with Crippen molar-refractivity contribution in [1.29, 1.82) is 0 Å². The van der Waals surface area contributed by atoms with Gasteiger partial charge in [-0.3, -0.25) is 15.4 Å². The number of esters is 1. The summed E-state index contributed by atoms with van der Waals surface area (Å²) in [6.07, 6.45) is -1.61. The minimum absolute atomic E-state index is 0.0194. The third-order valence-electron chi connectivity index (χ3n) is 6.54. The highest BCUT2D eigenvalue weighted by Gasteiger charge is 2.39. The molecule has 0 amide bonds. The van der Waals surface area contributed by atoms with Crippen molar-refractivity contribution in [2.45, 2.75) is 64.1 Å². The fourth-order valence-corrected chi connectivity index (χ4v) is 4.78. The van der Waals surface area contributed by atoms with Gasteiger partial charge in [0.2, 0.25) is 0 Å². The number of hydrogen-bond acceptors (Lipinski definition) is 9. The van der Waals surface area contributed by atoms with E-state index in [2.05, 4.69) is 10.6 Å². The summed E-state index contributed by atoms with van der Waals surface area (Å²) in [4.78, 5) is 12.0. The van der Waals surface area contributed by atoms with Crippen LogP contribution < -0.4 is 16.1 Å². The first-order chi connectivity index (χ1) is 17.2. The van der Waals surface area contributed by atoms with Gasteiger partial charge in [0.05, 0.1) is 25.5 Å². The van der Waals surface area contributed by atoms with Crippen molar-refractivity contribution in [2.75, 3.05) is 25.1 Å². The Kier molecular flexibility index (Phi) is 8.08. The molecule has 0 spiro atoms. The van der Waals surface area contributed by atoms with Gasteiger partial charge in [0, 0.05) is 36.0 Å². The lowest BCUT2D eigenvalue weighted by atomic mass is 9.93. The number of hydrazine groups is 1.